The summed E-state index contributed by atoms with van der Waals surface area (Å²) in [4.78, 5) is 21.1. The number of piperidine rings is 1. The molecule has 1 aromatic heterocycles. The summed E-state index contributed by atoms with van der Waals surface area (Å²) < 4.78 is 0. The van der Waals surface area contributed by atoms with E-state index < -0.39 is 0 Å². The molecule has 2 heterocycles. The zero-order valence-electron chi connectivity index (χ0n) is 23.2. The van der Waals surface area contributed by atoms with Crippen LogP contribution < -0.4 is 10.6 Å². The van der Waals surface area contributed by atoms with Crippen molar-refractivity contribution in [2.75, 3.05) is 36.8 Å². The van der Waals surface area contributed by atoms with Crippen molar-refractivity contribution in [2.45, 2.75) is 80.6 Å². The summed E-state index contributed by atoms with van der Waals surface area (Å²) in [6, 6.07) is 11.6. The smallest absolute Gasteiger partial charge is 0.272 e. The number of nitrogen functional groups attached to an aromatic ring is 1. The third-order valence-corrected chi connectivity index (χ3v) is 5.25. The van der Waals surface area contributed by atoms with Gasteiger partial charge in [-0.1, -0.05) is 71.4 Å². The van der Waals surface area contributed by atoms with Gasteiger partial charge >= 0.3 is 0 Å². The van der Waals surface area contributed by atoms with Crippen molar-refractivity contribution >= 4 is 23.6 Å². The Balaban J connectivity index is 0.000000740. The minimum absolute atomic E-state index is 0.0150. The fourth-order valence-corrected chi connectivity index (χ4v) is 3.76. The SMILES string of the molecule is CC.CC.CCCN(CCC)c1cc(N)nc(C(=O)N2CCCCC2)c1.Cc1cccc(C=N)c1. The van der Waals surface area contributed by atoms with Crippen LogP contribution in [0, 0.1) is 12.3 Å². The van der Waals surface area contributed by atoms with Gasteiger partial charge in [0, 0.05) is 44.1 Å². The van der Waals surface area contributed by atoms with Gasteiger partial charge in [0.1, 0.15) is 11.5 Å². The molecule has 6 nitrogen and oxygen atoms in total. The van der Waals surface area contributed by atoms with Crippen LogP contribution in [0.25, 0.3) is 0 Å². The van der Waals surface area contributed by atoms with Gasteiger partial charge in [-0.3, -0.25) is 4.79 Å². The Hall–Kier alpha value is -2.89. The highest BCUT2D eigenvalue weighted by molar-refractivity contribution is 5.93. The average molecular weight is 484 g/mol. The number of pyridine rings is 1. The standard InChI is InChI=1S/C17H28N4O.C8H9N.2C2H6/c1-3-8-20(9-4-2)14-12-15(19-16(18)13-14)17(22)21-10-6-5-7-11-21;1-7-3-2-4-8(5-7)6-9;2*1-2/h12-13H,3-11H2,1-2H3,(H2,18,19);2-6,9H,1H3;2*1-2H3. The number of nitrogens with one attached hydrogen (secondary N) is 1. The first-order valence-corrected chi connectivity index (χ1v) is 13.4. The molecule has 0 bridgehead atoms. The highest BCUT2D eigenvalue weighted by atomic mass is 16.2. The van der Waals surface area contributed by atoms with Crippen LogP contribution in [0.2, 0.25) is 0 Å². The molecule has 6 heteroatoms. The Morgan fingerprint density at radius 2 is 1.63 bits per heavy atom. The number of hydrogen-bond acceptors (Lipinski definition) is 5. The fourth-order valence-electron chi connectivity index (χ4n) is 3.76. The van der Waals surface area contributed by atoms with Crippen molar-refractivity contribution in [3.8, 4) is 0 Å². The zero-order valence-corrected chi connectivity index (χ0v) is 23.2. The van der Waals surface area contributed by atoms with Gasteiger partial charge in [0.05, 0.1) is 0 Å². The van der Waals surface area contributed by atoms with Gasteiger partial charge in [-0.15, -0.1) is 0 Å². The first-order chi connectivity index (χ1) is 17.0. The van der Waals surface area contributed by atoms with Crippen LogP contribution in [0.1, 0.15) is 95.3 Å². The molecule has 0 unspecified atom stereocenters. The topological polar surface area (TPSA) is 86.3 Å². The molecule has 3 N–H and O–H groups in total. The van der Waals surface area contributed by atoms with E-state index in [0.717, 1.165) is 63.1 Å². The van der Waals surface area contributed by atoms with Crippen LogP contribution in [0.15, 0.2) is 36.4 Å². The van der Waals surface area contributed by atoms with Crippen LogP contribution in [0.5, 0.6) is 0 Å². The number of rotatable bonds is 7. The molecule has 1 fully saturated rings. The Morgan fingerprint density at radius 3 is 2.11 bits per heavy atom. The van der Waals surface area contributed by atoms with Crippen LogP contribution in [0.3, 0.4) is 0 Å². The van der Waals surface area contributed by atoms with Crippen LogP contribution in [-0.2, 0) is 0 Å². The molecule has 1 aliphatic heterocycles. The third kappa shape index (κ3) is 11.9. The van der Waals surface area contributed by atoms with Gasteiger partial charge in [-0.05, 0) is 50.7 Å². The summed E-state index contributed by atoms with van der Waals surface area (Å²) in [6.07, 6.45) is 6.86. The molecule has 1 aliphatic rings. The molecule has 0 saturated carbocycles. The second kappa shape index (κ2) is 19.4. The predicted octanol–water partition coefficient (Wildman–Crippen LogP) is 6.96. The van der Waals surface area contributed by atoms with E-state index in [1.54, 1.807) is 0 Å². The van der Waals surface area contributed by atoms with Gasteiger partial charge in [0.25, 0.3) is 5.91 Å². The zero-order chi connectivity index (χ0) is 26.6. The Morgan fingerprint density at radius 1 is 1.03 bits per heavy atom. The molecule has 2 aromatic rings. The fraction of sp³-hybridized carbons (Fsp3) is 0.552. The van der Waals surface area contributed by atoms with Crippen molar-refractivity contribution in [3.63, 3.8) is 0 Å². The van der Waals surface area contributed by atoms with Gasteiger partial charge in [-0.25, -0.2) is 4.98 Å². The Labute approximate surface area is 214 Å². The molecular weight excluding hydrogens is 434 g/mol. The molecule has 0 atom stereocenters. The lowest BCUT2D eigenvalue weighted by Crippen LogP contribution is -2.36. The summed E-state index contributed by atoms with van der Waals surface area (Å²) >= 11 is 0. The van der Waals surface area contributed by atoms with Gasteiger partial charge in [0.2, 0.25) is 0 Å². The third-order valence-electron chi connectivity index (χ3n) is 5.25. The largest absolute Gasteiger partial charge is 0.384 e. The normalized spacial score (nSPS) is 12.0. The van der Waals surface area contributed by atoms with E-state index in [1.165, 1.54) is 18.2 Å². The van der Waals surface area contributed by atoms with Crippen molar-refractivity contribution < 1.29 is 4.79 Å². The quantitative estimate of drug-likeness (QED) is 0.417. The number of nitrogens with zero attached hydrogens (tertiary/aromatic N) is 3. The molecule has 1 saturated heterocycles. The molecular formula is C29H49N5O. The minimum atomic E-state index is 0.0150. The van der Waals surface area contributed by atoms with E-state index in [4.69, 9.17) is 11.1 Å². The molecule has 0 aliphatic carbocycles. The number of carbonyl (C=O) groups is 1. The van der Waals surface area contributed by atoms with E-state index in [2.05, 4.69) is 23.7 Å². The molecule has 0 spiro atoms. The van der Waals surface area contributed by atoms with E-state index in [1.807, 2.05) is 75.9 Å². The van der Waals surface area contributed by atoms with E-state index in [0.29, 0.717) is 11.5 Å². The molecule has 35 heavy (non-hydrogen) atoms. The Kier molecular flexibility index (Phi) is 17.8. The minimum Gasteiger partial charge on any atom is -0.384 e. The second-order valence-electron chi connectivity index (χ2n) is 8.03. The van der Waals surface area contributed by atoms with E-state index in [9.17, 15) is 4.79 Å². The van der Waals surface area contributed by atoms with Crippen molar-refractivity contribution in [1.82, 2.24) is 9.88 Å². The number of benzene rings is 1. The number of amides is 1. The number of aryl methyl sites for hydroxylation is 1. The Bertz CT molecular complexity index is 841. The molecule has 1 amide bonds. The van der Waals surface area contributed by atoms with Crippen molar-refractivity contribution in [1.29, 1.82) is 5.41 Å². The molecule has 1 aromatic carbocycles. The van der Waals surface area contributed by atoms with Gasteiger partial charge in [0.15, 0.2) is 0 Å². The highest BCUT2D eigenvalue weighted by Crippen LogP contribution is 2.21. The predicted molar refractivity (Wildman–Crippen MR) is 153 cm³/mol. The maximum atomic E-state index is 12.6. The van der Waals surface area contributed by atoms with Gasteiger partial charge in [-0.2, -0.15) is 0 Å². The van der Waals surface area contributed by atoms with Crippen molar-refractivity contribution in [3.05, 3.63) is 53.2 Å². The van der Waals surface area contributed by atoms with E-state index >= 15 is 0 Å². The monoisotopic (exact) mass is 483 g/mol. The van der Waals surface area contributed by atoms with Gasteiger partial charge < -0.3 is 20.9 Å². The molecule has 196 valence electrons. The number of anilines is 2. The summed E-state index contributed by atoms with van der Waals surface area (Å²) in [5.41, 5.74) is 9.61. The van der Waals surface area contributed by atoms with Crippen LogP contribution in [-0.4, -0.2) is 48.2 Å². The average Bonchev–Trinajstić information content (AvgIpc) is 2.91. The maximum absolute atomic E-state index is 12.6. The highest BCUT2D eigenvalue weighted by Gasteiger charge is 2.21. The lowest BCUT2D eigenvalue weighted by atomic mass is 10.1. The molecule has 3 rings (SSSR count). The summed E-state index contributed by atoms with van der Waals surface area (Å²) in [5, 5.41) is 6.92. The first kappa shape index (κ1) is 32.1. The maximum Gasteiger partial charge on any atom is 0.272 e. The summed E-state index contributed by atoms with van der Waals surface area (Å²) in [5.74, 6) is 0.441. The lowest BCUT2D eigenvalue weighted by Gasteiger charge is -2.28. The van der Waals surface area contributed by atoms with E-state index in [-0.39, 0.29) is 5.91 Å². The summed E-state index contributed by atoms with van der Waals surface area (Å²) in [7, 11) is 0. The van der Waals surface area contributed by atoms with Crippen LogP contribution in [0.4, 0.5) is 11.5 Å². The number of hydrogen-bond donors (Lipinski definition) is 2. The summed E-state index contributed by atoms with van der Waals surface area (Å²) in [6.45, 7) is 17.9. The second-order valence-corrected chi connectivity index (χ2v) is 8.03. The van der Waals surface area contributed by atoms with Crippen molar-refractivity contribution in [2.24, 2.45) is 0 Å². The number of carbonyl (C=O) groups excluding carboxylic acids is 1. The number of likely N-dealkylation sites (tertiary alicyclic amines) is 1. The number of aromatic nitrogens is 1. The molecule has 0 radical (unpaired) electrons. The number of nitrogens with two attached hydrogens (primary N) is 1. The van der Waals surface area contributed by atoms with Crippen LogP contribution >= 0.6 is 0 Å². The first-order valence-electron chi connectivity index (χ1n) is 13.4. The lowest BCUT2D eigenvalue weighted by molar-refractivity contribution is 0.0718.